The topological polar surface area (TPSA) is 86.1 Å². The Morgan fingerprint density at radius 3 is 2.46 bits per heavy atom. The molecule has 0 spiro atoms. The first-order valence-corrected chi connectivity index (χ1v) is 8.93. The van der Waals surface area contributed by atoms with E-state index in [-0.39, 0.29) is 24.1 Å². The molecule has 0 fully saturated rings. The molecule has 2 heterocycles. The highest BCUT2D eigenvalue weighted by molar-refractivity contribution is 5.93. The monoisotopic (exact) mass is 378 g/mol. The van der Waals surface area contributed by atoms with E-state index in [2.05, 4.69) is 15.3 Å². The third-order valence-corrected chi connectivity index (χ3v) is 4.49. The average Bonchev–Trinajstić information content (AvgIpc) is 2.72. The third-order valence-electron chi connectivity index (χ3n) is 4.49. The third kappa shape index (κ3) is 4.25. The van der Waals surface area contributed by atoms with E-state index in [1.165, 1.54) is 6.07 Å². The van der Waals surface area contributed by atoms with Crippen molar-refractivity contribution in [3.63, 3.8) is 0 Å². The molecule has 1 N–H and O–H groups in total. The fourth-order valence-corrected chi connectivity index (χ4v) is 3.02. The molecule has 7 nitrogen and oxygen atoms in total. The summed E-state index contributed by atoms with van der Waals surface area (Å²) in [5.74, 6) is 0.888. The van der Waals surface area contributed by atoms with Crippen LogP contribution < -0.4 is 15.6 Å². The van der Waals surface area contributed by atoms with Gasteiger partial charge in [-0.15, -0.1) is 0 Å². The SMILES string of the molecule is CNC(=O)c1ccc([C@@H](C)n2c(C)cc(OCc3ncccn3)cc2=O)cc1. The molecule has 1 aromatic carbocycles. The summed E-state index contributed by atoms with van der Waals surface area (Å²) in [7, 11) is 1.59. The van der Waals surface area contributed by atoms with Crippen LogP contribution in [0.2, 0.25) is 0 Å². The second-order valence-corrected chi connectivity index (χ2v) is 6.37. The van der Waals surface area contributed by atoms with E-state index < -0.39 is 0 Å². The number of rotatable bonds is 6. The smallest absolute Gasteiger partial charge is 0.254 e. The second kappa shape index (κ2) is 8.47. The lowest BCUT2D eigenvalue weighted by atomic mass is 10.0. The minimum Gasteiger partial charge on any atom is -0.485 e. The fraction of sp³-hybridized carbons (Fsp3) is 0.238. The van der Waals surface area contributed by atoms with Gasteiger partial charge >= 0.3 is 0 Å². The van der Waals surface area contributed by atoms with Crippen molar-refractivity contribution in [2.45, 2.75) is 26.5 Å². The quantitative estimate of drug-likeness (QED) is 0.712. The van der Waals surface area contributed by atoms with Crippen molar-refractivity contribution in [2.75, 3.05) is 7.05 Å². The van der Waals surface area contributed by atoms with E-state index in [0.29, 0.717) is 17.1 Å². The Morgan fingerprint density at radius 1 is 1.18 bits per heavy atom. The molecule has 0 saturated carbocycles. The first-order chi connectivity index (χ1) is 13.5. The predicted molar refractivity (Wildman–Crippen MR) is 105 cm³/mol. The summed E-state index contributed by atoms with van der Waals surface area (Å²) in [5, 5.41) is 2.59. The Hall–Kier alpha value is -3.48. The fourth-order valence-electron chi connectivity index (χ4n) is 3.02. The number of nitrogens with one attached hydrogen (secondary N) is 1. The molecular weight excluding hydrogens is 356 g/mol. The van der Waals surface area contributed by atoms with Crippen LogP contribution >= 0.6 is 0 Å². The molecule has 0 aliphatic carbocycles. The van der Waals surface area contributed by atoms with Crippen LogP contribution in [0.25, 0.3) is 0 Å². The normalized spacial score (nSPS) is 11.7. The van der Waals surface area contributed by atoms with Crippen LogP contribution in [-0.4, -0.2) is 27.5 Å². The van der Waals surface area contributed by atoms with Crippen LogP contribution in [0.15, 0.2) is 59.7 Å². The van der Waals surface area contributed by atoms with E-state index >= 15 is 0 Å². The molecule has 3 aromatic rings. The van der Waals surface area contributed by atoms with E-state index in [1.54, 1.807) is 42.2 Å². The van der Waals surface area contributed by atoms with Crippen molar-refractivity contribution in [1.82, 2.24) is 19.9 Å². The van der Waals surface area contributed by atoms with Crippen molar-refractivity contribution >= 4 is 5.91 Å². The molecule has 144 valence electrons. The van der Waals surface area contributed by atoms with Crippen molar-refractivity contribution in [1.29, 1.82) is 0 Å². The molecule has 0 aliphatic rings. The summed E-state index contributed by atoms with van der Waals surface area (Å²) >= 11 is 0. The molecule has 1 amide bonds. The molecule has 0 radical (unpaired) electrons. The molecule has 0 aliphatic heterocycles. The van der Waals surface area contributed by atoms with Crippen LogP contribution in [0.5, 0.6) is 5.75 Å². The maximum absolute atomic E-state index is 12.7. The van der Waals surface area contributed by atoms with Gasteiger partial charge in [-0.2, -0.15) is 0 Å². The van der Waals surface area contributed by atoms with Crippen LogP contribution in [-0.2, 0) is 6.61 Å². The van der Waals surface area contributed by atoms with Gasteiger partial charge in [-0.05, 0) is 43.7 Å². The molecule has 1 atom stereocenters. The first kappa shape index (κ1) is 19.3. The Labute approximate surface area is 163 Å². The van der Waals surface area contributed by atoms with E-state index in [9.17, 15) is 9.59 Å². The van der Waals surface area contributed by atoms with Crippen LogP contribution in [0.4, 0.5) is 0 Å². The van der Waals surface area contributed by atoms with E-state index in [0.717, 1.165) is 11.3 Å². The first-order valence-electron chi connectivity index (χ1n) is 8.93. The zero-order valence-corrected chi connectivity index (χ0v) is 16.0. The van der Waals surface area contributed by atoms with Gasteiger partial charge < -0.3 is 14.6 Å². The lowest BCUT2D eigenvalue weighted by molar-refractivity contribution is 0.0963. The molecular formula is C21H22N4O3. The Bertz CT molecular complexity index is 1010. The predicted octanol–water partition coefficient (Wildman–Crippen LogP) is 2.49. The van der Waals surface area contributed by atoms with Crippen molar-refractivity contribution < 1.29 is 9.53 Å². The minimum absolute atomic E-state index is 0.142. The van der Waals surface area contributed by atoms with Crippen LogP contribution in [0.3, 0.4) is 0 Å². The Kier molecular flexibility index (Phi) is 5.84. The van der Waals surface area contributed by atoms with Gasteiger partial charge in [0.15, 0.2) is 5.82 Å². The molecule has 0 unspecified atom stereocenters. The van der Waals surface area contributed by atoms with Gasteiger partial charge in [-0.25, -0.2) is 9.97 Å². The molecule has 2 aromatic heterocycles. The highest BCUT2D eigenvalue weighted by Crippen LogP contribution is 2.21. The summed E-state index contributed by atoms with van der Waals surface area (Å²) in [6.45, 7) is 4.00. The summed E-state index contributed by atoms with van der Waals surface area (Å²) in [4.78, 5) is 32.6. The van der Waals surface area contributed by atoms with Gasteiger partial charge in [-0.3, -0.25) is 9.59 Å². The Morgan fingerprint density at radius 2 is 1.86 bits per heavy atom. The molecule has 0 saturated heterocycles. The standard InChI is InChI=1S/C21H22N4O3/c1-14-11-18(28-13-19-23-9-4-10-24-19)12-20(26)25(14)15(2)16-5-7-17(8-6-16)21(27)22-3/h4-12,15H,13H2,1-3H3,(H,22,27)/t15-/m1/s1. The number of hydrogen-bond acceptors (Lipinski definition) is 5. The lowest BCUT2D eigenvalue weighted by Crippen LogP contribution is -2.25. The van der Waals surface area contributed by atoms with Crippen LogP contribution in [0, 0.1) is 6.92 Å². The number of hydrogen-bond donors (Lipinski definition) is 1. The average molecular weight is 378 g/mol. The maximum Gasteiger partial charge on any atom is 0.254 e. The number of benzene rings is 1. The summed E-state index contributed by atoms with van der Waals surface area (Å²) in [6.07, 6.45) is 3.29. The van der Waals surface area contributed by atoms with E-state index in [4.69, 9.17) is 4.74 Å². The number of aromatic nitrogens is 3. The number of nitrogens with zero attached hydrogens (tertiary/aromatic N) is 3. The van der Waals surface area contributed by atoms with Gasteiger partial charge in [-0.1, -0.05) is 12.1 Å². The van der Waals surface area contributed by atoms with Gasteiger partial charge in [0.2, 0.25) is 0 Å². The summed E-state index contributed by atoms with van der Waals surface area (Å²) < 4.78 is 7.36. The number of ether oxygens (including phenoxy) is 1. The molecule has 3 rings (SSSR count). The van der Waals surface area contributed by atoms with Crippen molar-refractivity contribution in [3.05, 3.63) is 87.9 Å². The van der Waals surface area contributed by atoms with E-state index in [1.807, 2.05) is 32.0 Å². The zero-order valence-electron chi connectivity index (χ0n) is 16.0. The zero-order chi connectivity index (χ0) is 20.1. The number of amides is 1. The molecule has 28 heavy (non-hydrogen) atoms. The molecule has 0 bridgehead atoms. The highest BCUT2D eigenvalue weighted by atomic mass is 16.5. The molecule has 7 heteroatoms. The van der Waals surface area contributed by atoms with Gasteiger partial charge in [0.25, 0.3) is 11.5 Å². The summed E-state index contributed by atoms with van der Waals surface area (Å²) in [6, 6.07) is 12.1. The maximum atomic E-state index is 12.7. The number of carbonyl (C=O) groups is 1. The number of carbonyl (C=O) groups excluding carboxylic acids is 1. The second-order valence-electron chi connectivity index (χ2n) is 6.37. The number of aryl methyl sites for hydroxylation is 1. The van der Waals surface area contributed by atoms with Gasteiger partial charge in [0, 0.05) is 36.8 Å². The summed E-state index contributed by atoms with van der Waals surface area (Å²) in [5.41, 5.74) is 2.13. The minimum atomic E-state index is -0.183. The van der Waals surface area contributed by atoms with Crippen LogP contribution in [0.1, 0.15) is 40.4 Å². The van der Waals surface area contributed by atoms with Gasteiger partial charge in [0.05, 0.1) is 6.04 Å². The lowest BCUT2D eigenvalue weighted by Gasteiger charge is -2.19. The van der Waals surface area contributed by atoms with Gasteiger partial charge in [0.1, 0.15) is 12.4 Å². The van der Waals surface area contributed by atoms with Crippen molar-refractivity contribution in [2.24, 2.45) is 0 Å². The van der Waals surface area contributed by atoms with Crippen molar-refractivity contribution in [3.8, 4) is 5.75 Å². The highest BCUT2D eigenvalue weighted by Gasteiger charge is 2.14. The Balaban J connectivity index is 1.80. The number of pyridine rings is 1. The largest absolute Gasteiger partial charge is 0.485 e.